The summed E-state index contributed by atoms with van der Waals surface area (Å²) < 4.78 is 0. The predicted molar refractivity (Wildman–Crippen MR) is 77.1 cm³/mol. The summed E-state index contributed by atoms with van der Waals surface area (Å²) in [6.07, 6.45) is 5.58. The lowest BCUT2D eigenvalue weighted by Crippen LogP contribution is -2.45. The highest BCUT2D eigenvalue weighted by molar-refractivity contribution is 5.88. The Morgan fingerprint density at radius 3 is 3.00 bits per heavy atom. The summed E-state index contributed by atoms with van der Waals surface area (Å²) in [7, 11) is 0. The molecular weight excluding hydrogens is 256 g/mol. The second-order valence-electron chi connectivity index (χ2n) is 5.64. The van der Waals surface area contributed by atoms with E-state index in [0.29, 0.717) is 5.82 Å². The molecule has 1 fully saturated rings. The van der Waals surface area contributed by atoms with Crippen LogP contribution in [0.1, 0.15) is 43.0 Å². The molecule has 2 N–H and O–H groups in total. The molecule has 0 saturated carbocycles. The van der Waals surface area contributed by atoms with E-state index in [1.54, 1.807) is 6.07 Å². The molecule has 110 valence electrons. The zero-order valence-corrected chi connectivity index (χ0v) is 11.9. The van der Waals surface area contributed by atoms with E-state index >= 15 is 0 Å². The molecular formula is C15H22N2O3. The molecule has 0 amide bonds. The average molecular weight is 278 g/mol. The Labute approximate surface area is 119 Å². The van der Waals surface area contributed by atoms with Gasteiger partial charge in [0.25, 0.3) is 0 Å². The summed E-state index contributed by atoms with van der Waals surface area (Å²) in [5.74, 6) is -0.244. The minimum absolute atomic E-state index is 0.0755. The van der Waals surface area contributed by atoms with Gasteiger partial charge in [-0.1, -0.05) is 13.3 Å². The Morgan fingerprint density at radius 1 is 1.55 bits per heavy atom. The quantitative estimate of drug-likeness (QED) is 0.863. The van der Waals surface area contributed by atoms with Crippen molar-refractivity contribution in [2.45, 2.75) is 32.6 Å². The summed E-state index contributed by atoms with van der Waals surface area (Å²) >= 11 is 0. The Balaban J connectivity index is 2.20. The maximum absolute atomic E-state index is 11.0. The molecule has 1 aliphatic heterocycles. The molecule has 0 aliphatic carbocycles. The lowest BCUT2D eigenvalue weighted by Gasteiger charge is -2.42. The second kappa shape index (κ2) is 6.22. The van der Waals surface area contributed by atoms with Crippen LogP contribution in [-0.4, -0.2) is 40.9 Å². The summed E-state index contributed by atoms with van der Waals surface area (Å²) in [6.45, 7) is 3.91. The highest BCUT2D eigenvalue weighted by Crippen LogP contribution is 2.35. The maximum atomic E-state index is 11.0. The van der Waals surface area contributed by atoms with Gasteiger partial charge in [0.15, 0.2) is 0 Å². The van der Waals surface area contributed by atoms with Crippen molar-refractivity contribution in [2.24, 2.45) is 5.41 Å². The fourth-order valence-corrected chi connectivity index (χ4v) is 3.07. The van der Waals surface area contributed by atoms with Crippen LogP contribution in [0, 0.1) is 5.41 Å². The monoisotopic (exact) mass is 278 g/mol. The predicted octanol–water partition coefficient (Wildman–Crippen LogP) is 2.16. The largest absolute Gasteiger partial charge is 0.478 e. The highest BCUT2D eigenvalue weighted by Gasteiger charge is 2.34. The maximum Gasteiger partial charge on any atom is 0.335 e. The molecule has 1 saturated heterocycles. The van der Waals surface area contributed by atoms with Gasteiger partial charge >= 0.3 is 5.97 Å². The normalized spacial score (nSPS) is 22.8. The van der Waals surface area contributed by atoms with Gasteiger partial charge < -0.3 is 15.1 Å². The molecule has 0 unspecified atom stereocenters. The van der Waals surface area contributed by atoms with Crippen molar-refractivity contribution in [2.75, 3.05) is 24.6 Å². The number of carbonyl (C=O) groups is 1. The third-order valence-electron chi connectivity index (χ3n) is 4.09. The standard InChI is InChI=1S/C15H22N2O3/c1-2-5-15(11-18)6-3-8-17(10-15)13-9-12(14(19)20)4-7-16-13/h4,7,9,18H,2-3,5-6,8,10-11H2,1H3,(H,19,20)/t15-/m1/s1. The number of aliphatic hydroxyl groups is 1. The van der Waals surface area contributed by atoms with Gasteiger partial charge in [0.05, 0.1) is 12.2 Å². The number of aliphatic hydroxyl groups excluding tert-OH is 1. The Bertz CT molecular complexity index is 474. The minimum Gasteiger partial charge on any atom is -0.478 e. The number of aromatic carboxylic acids is 1. The first kappa shape index (κ1) is 14.8. The van der Waals surface area contributed by atoms with Gasteiger partial charge in [-0.2, -0.15) is 0 Å². The molecule has 1 atom stereocenters. The molecule has 1 aromatic rings. The second-order valence-corrected chi connectivity index (χ2v) is 5.64. The zero-order valence-electron chi connectivity index (χ0n) is 11.9. The van der Waals surface area contributed by atoms with Crippen molar-refractivity contribution in [1.82, 2.24) is 4.98 Å². The van der Waals surface area contributed by atoms with Crippen molar-refractivity contribution in [3.8, 4) is 0 Å². The average Bonchev–Trinajstić information content (AvgIpc) is 2.48. The van der Waals surface area contributed by atoms with Crippen LogP contribution in [0.3, 0.4) is 0 Å². The van der Waals surface area contributed by atoms with Crippen LogP contribution in [0.2, 0.25) is 0 Å². The number of nitrogens with zero attached hydrogens (tertiary/aromatic N) is 2. The molecule has 1 aliphatic rings. The van der Waals surface area contributed by atoms with Crippen LogP contribution in [0.5, 0.6) is 0 Å². The summed E-state index contributed by atoms with van der Waals surface area (Å²) in [5, 5.41) is 18.8. The van der Waals surface area contributed by atoms with Crippen molar-refractivity contribution >= 4 is 11.8 Å². The van der Waals surface area contributed by atoms with Gasteiger partial charge in [-0.15, -0.1) is 0 Å². The molecule has 0 radical (unpaired) electrons. The summed E-state index contributed by atoms with van der Waals surface area (Å²) in [4.78, 5) is 17.4. The van der Waals surface area contributed by atoms with Crippen LogP contribution in [0.15, 0.2) is 18.3 Å². The smallest absolute Gasteiger partial charge is 0.335 e. The van der Waals surface area contributed by atoms with E-state index in [1.807, 2.05) is 0 Å². The Morgan fingerprint density at radius 2 is 2.35 bits per heavy atom. The molecule has 0 aromatic carbocycles. The van der Waals surface area contributed by atoms with Crippen LogP contribution in [0.25, 0.3) is 0 Å². The number of anilines is 1. The lowest BCUT2D eigenvalue weighted by atomic mass is 9.77. The van der Waals surface area contributed by atoms with Crippen LogP contribution in [0.4, 0.5) is 5.82 Å². The first-order valence-electron chi connectivity index (χ1n) is 7.15. The summed E-state index contributed by atoms with van der Waals surface area (Å²) in [6, 6.07) is 3.11. The van der Waals surface area contributed by atoms with Gasteiger partial charge in [0.2, 0.25) is 0 Å². The number of carboxylic acids is 1. The van der Waals surface area contributed by atoms with E-state index in [4.69, 9.17) is 5.11 Å². The van der Waals surface area contributed by atoms with E-state index in [-0.39, 0.29) is 17.6 Å². The van der Waals surface area contributed by atoms with Crippen LogP contribution in [-0.2, 0) is 0 Å². The van der Waals surface area contributed by atoms with Crippen LogP contribution >= 0.6 is 0 Å². The Hall–Kier alpha value is -1.62. The molecule has 2 heterocycles. The molecule has 2 rings (SSSR count). The molecule has 20 heavy (non-hydrogen) atoms. The molecule has 1 aromatic heterocycles. The Kier molecular flexibility index (Phi) is 4.60. The number of piperidine rings is 1. The highest BCUT2D eigenvalue weighted by atomic mass is 16.4. The third-order valence-corrected chi connectivity index (χ3v) is 4.09. The van der Waals surface area contributed by atoms with Crippen molar-refractivity contribution < 1.29 is 15.0 Å². The molecule has 5 heteroatoms. The zero-order chi connectivity index (χ0) is 14.6. The number of rotatable bonds is 5. The van der Waals surface area contributed by atoms with Crippen LogP contribution < -0.4 is 4.90 Å². The number of carboxylic acid groups (broad SMARTS) is 1. The minimum atomic E-state index is -0.937. The third kappa shape index (κ3) is 3.10. The molecule has 0 bridgehead atoms. The fraction of sp³-hybridized carbons (Fsp3) is 0.600. The number of hydrogen-bond donors (Lipinski definition) is 2. The van der Waals surface area contributed by atoms with Crippen molar-refractivity contribution in [3.05, 3.63) is 23.9 Å². The van der Waals surface area contributed by atoms with Gasteiger partial charge in [-0.3, -0.25) is 0 Å². The van der Waals surface area contributed by atoms with Crippen molar-refractivity contribution in [1.29, 1.82) is 0 Å². The molecule has 5 nitrogen and oxygen atoms in total. The van der Waals surface area contributed by atoms with E-state index < -0.39 is 5.97 Å². The number of aromatic nitrogens is 1. The fourth-order valence-electron chi connectivity index (χ4n) is 3.07. The SMILES string of the molecule is CCC[C@@]1(CO)CCCN(c2cc(C(=O)O)ccn2)C1. The van der Waals surface area contributed by atoms with E-state index in [9.17, 15) is 9.90 Å². The van der Waals surface area contributed by atoms with Gasteiger partial charge in [-0.25, -0.2) is 9.78 Å². The van der Waals surface area contributed by atoms with Gasteiger partial charge in [-0.05, 0) is 31.4 Å². The van der Waals surface area contributed by atoms with E-state index in [1.165, 1.54) is 12.3 Å². The number of pyridine rings is 1. The first-order valence-corrected chi connectivity index (χ1v) is 7.15. The lowest BCUT2D eigenvalue weighted by molar-refractivity contribution is 0.0696. The van der Waals surface area contributed by atoms with Crippen molar-refractivity contribution in [3.63, 3.8) is 0 Å². The first-order chi connectivity index (χ1) is 9.60. The van der Waals surface area contributed by atoms with E-state index in [0.717, 1.165) is 38.8 Å². The van der Waals surface area contributed by atoms with Gasteiger partial charge in [0, 0.05) is 24.7 Å². The van der Waals surface area contributed by atoms with Gasteiger partial charge in [0.1, 0.15) is 5.82 Å². The molecule has 0 spiro atoms. The van der Waals surface area contributed by atoms with E-state index in [2.05, 4.69) is 16.8 Å². The summed E-state index contributed by atoms with van der Waals surface area (Å²) in [5.41, 5.74) is 0.180. The topological polar surface area (TPSA) is 73.7 Å². The number of hydrogen-bond acceptors (Lipinski definition) is 4.